The Hall–Kier alpha value is -1.68. The van der Waals surface area contributed by atoms with E-state index in [1.54, 1.807) is 6.33 Å². The molecule has 0 amide bonds. The van der Waals surface area contributed by atoms with Gasteiger partial charge in [0.05, 0.1) is 11.1 Å². The summed E-state index contributed by atoms with van der Waals surface area (Å²) < 4.78 is 0. The monoisotopic (exact) mass is 214 g/mol. The first-order valence-corrected chi connectivity index (χ1v) is 5.51. The van der Waals surface area contributed by atoms with Gasteiger partial charge in [-0.3, -0.25) is 0 Å². The molecule has 0 unspecified atom stereocenters. The number of nitrogens with zero attached hydrogens (tertiary/aromatic N) is 2. The number of anilines is 1. The third-order valence-electron chi connectivity index (χ3n) is 3.17. The average Bonchev–Trinajstić information content (AvgIpc) is 3.10. The Labute approximate surface area is 93.9 Å². The van der Waals surface area contributed by atoms with Crippen molar-refractivity contribution in [2.45, 2.75) is 18.4 Å². The summed E-state index contributed by atoms with van der Waals surface area (Å²) in [5, 5.41) is 4.51. The molecule has 1 fully saturated rings. The van der Waals surface area contributed by atoms with E-state index in [-0.39, 0.29) is 5.54 Å². The third kappa shape index (κ3) is 1.51. The van der Waals surface area contributed by atoms with Crippen molar-refractivity contribution in [2.75, 3.05) is 11.9 Å². The van der Waals surface area contributed by atoms with E-state index in [4.69, 9.17) is 5.73 Å². The van der Waals surface area contributed by atoms with Gasteiger partial charge in [-0.05, 0) is 25.0 Å². The Balaban J connectivity index is 2.03. The maximum absolute atomic E-state index is 5.75. The molecule has 0 saturated heterocycles. The van der Waals surface area contributed by atoms with Crippen LogP contribution < -0.4 is 11.1 Å². The predicted molar refractivity (Wildman–Crippen MR) is 64.2 cm³/mol. The zero-order valence-corrected chi connectivity index (χ0v) is 8.98. The Morgan fingerprint density at radius 2 is 2.06 bits per heavy atom. The van der Waals surface area contributed by atoms with Crippen LogP contribution in [0.15, 0.2) is 30.6 Å². The van der Waals surface area contributed by atoms with Gasteiger partial charge in [0.25, 0.3) is 0 Å². The Kier molecular flexibility index (Phi) is 2.04. The van der Waals surface area contributed by atoms with Crippen molar-refractivity contribution in [3.8, 4) is 0 Å². The molecule has 82 valence electrons. The molecule has 1 aliphatic rings. The average molecular weight is 214 g/mol. The maximum atomic E-state index is 5.75. The van der Waals surface area contributed by atoms with Crippen molar-refractivity contribution in [1.82, 2.24) is 9.97 Å². The lowest BCUT2D eigenvalue weighted by molar-refractivity contribution is 0.738. The largest absolute Gasteiger partial charge is 0.363 e. The zero-order chi connectivity index (χ0) is 11.0. The van der Waals surface area contributed by atoms with Gasteiger partial charge in [-0.2, -0.15) is 0 Å². The number of fused-ring (bicyclic) bond motifs is 1. The van der Waals surface area contributed by atoms with Gasteiger partial charge in [-0.25, -0.2) is 9.97 Å². The van der Waals surface area contributed by atoms with Crippen LogP contribution in [0.4, 0.5) is 5.82 Å². The zero-order valence-electron chi connectivity index (χ0n) is 8.98. The highest BCUT2D eigenvalue weighted by Crippen LogP contribution is 2.38. The second-order valence-electron chi connectivity index (χ2n) is 4.35. The summed E-state index contributed by atoms with van der Waals surface area (Å²) in [7, 11) is 0. The molecule has 0 atom stereocenters. The number of nitrogens with one attached hydrogen (secondary N) is 1. The van der Waals surface area contributed by atoms with Gasteiger partial charge in [0.1, 0.15) is 12.1 Å². The summed E-state index contributed by atoms with van der Waals surface area (Å²) >= 11 is 0. The van der Waals surface area contributed by atoms with E-state index >= 15 is 0 Å². The summed E-state index contributed by atoms with van der Waals surface area (Å²) in [6, 6.07) is 8.00. The molecule has 1 aliphatic carbocycles. The van der Waals surface area contributed by atoms with E-state index < -0.39 is 0 Å². The van der Waals surface area contributed by atoms with Crippen LogP contribution in [0.5, 0.6) is 0 Å². The topological polar surface area (TPSA) is 63.8 Å². The van der Waals surface area contributed by atoms with E-state index in [1.165, 1.54) is 0 Å². The first kappa shape index (κ1) is 9.54. The highest BCUT2D eigenvalue weighted by Gasteiger charge is 2.41. The number of nitrogens with two attached hydrogens (primary N) is 1. The third-order valence-corrected chi connectivity index (χ3v) is 3.17. The first-order chi connectivity index (χ1) is 7.83. The summed E-state index contributed by atoms with van der Waals surface area (Å²) in [4.78, 5) is 8.54. The fraction of sp³-hybridized carbons (Fsp3) is 0.333. The molecule has 0 radical (unpaired) electrons. The molecular weight excluding hydrogens is 200 g/mol. The molecular formula is C12H14N4. The van der Waals surface area contributed by atoms with Gasteiger partial charge in [-0.1, -0.05) is 12.1 Å². The van der Waals surface area contributed by atoms with Crippen LogP contribution in [0.3, 0.4) is 0 Å². The molecule has 1 aromatic carbocycles. The van der Waals surface area contributed by atoms with Crippen molar-refractivity contribution in [2.24, 2.45) is 5.73 Å². The van der Waals surface area contributed by atoms with E-state index in [1.807, 2.05) is 24.3 Å². The summed E-state index contributed by atoms with van der Waals surface area (Å²) in [6.07, 6.45) is 3.85. The normalized spacial score (nSPS) is 17.3. The Morgan fingerprint density at radius 3 is 2.81 bits per heavy atom. The Bertz CT molecular complexity index is 514. The first-order valence-electron chi connectivity index (χ1n) is 5.51. The van der Waals surface area contributed by atoms with Crippen LogP contribution in [0.2, 0.25) is 0 Å². The predicted octanol–water partition coefficient (Wildman–Crippen LogP) is 1.53. The molecule has 1 heterocycles. The van der Waals surface area contributed by atoms with Gasteiger partial charge in [0, 0.05) is 11.9 Å². The van der Waals surface area contributed by atoms with E-state index in [0.29, 0.717) is 6.54 Å². The van der Waals surface area contributed by atoms with Gasteiger partial charge in [0.2, 0.25) is 0 Å². The molecule has 0 bridgehead atoms. The molecule has 3 N–H and O–H groups in total. The van der Waals surface area contributed by atoms with Crippen molar-refractivity contribution in [3.63, 3.8) is 0 Å². The lowest BCUT2D eigenvalue weighted by atomic mass is 10.2. The number of hydrogen-bond acceptors (Lipinski definition) is 4. The standard InChI is InChI=1S/C12H14N4/c13-7-12(5-6-12)16-11-9-3-1-2-4-10(9)14-8-15-11/h1-4,8H,5-7,13H2,(H,14,15,16). The minimum absolute atomic E-state index is 0.0805. The van der Waals surface area contributed by atoms with Crippen molar-refractivity contribution < 1.29 is 0 Å². The molecule has 16 heavy (non-hydrogen) atoms. The fourth-order valence-corrected chi connectivity index (χ4v) is 1.89. The SMILES string of the molecule is NCC1(Nc2ncnc3ccccc23)CC1. The molecule has 0 spiro atoms. The van der Waals surface area contributed by atoms with E-state index in [0.717, 1.165) is 29.6 Å². The summed E-state index contributed by atoms with van der Waals surface area (Å²) in [5.41, 5.74) is 6.80. The van der Waals surface area contributed by atoms with Crippen LogP contribution in [-0.2, 0) is 0 Å². The minimum Gasteiger partial charge on any atom is -0.363 e. The highest BCUT2D eigenvalue weighted by molar-refractivity contribution is 5.89. The van der Waals surface area contributed by atoms with Crippen molar-refractivity contribution in [3.05, 3.63) is 30.6 Å². The lowest BCUT2D eigenvalue weighted by Crippen LogP contribution is -2.31. The molecule has 0 aliphatic heterocycles. The van der Waals surface area contributed by atoms with Crippen LogP contribution in [-0.4, -0.2) is 22.1 Å². The quantitative estimate of drug-likeness (QED) is 0.813. The van der Waals surface area contributed by atoms with Crippen LogP contribution >= 0.6 is 0 Å². The van der Waals surface area contributed by atoms with E-state index in [9.17, 15) is 0 Å². The lowest BCUT2D eigenvalue weighted by Gasteiger charge is -2.16. The highest BCUT2D eigenvalue weighted by atomic mass is 15.1. The molecule has 4 nitrogen and oxygen atoms in total. The molecule has 3 rings (SSSR count). The number of benzene rings is 1. The Morgan fingerprint density at radius 1 is 1.25 bits per heavy atom. The van der Waals surface area contributed by atoms with E-state index in [2.05, 4.69) is 15.3 Å². The summed E-state index contributed by atoms with van der Waals surface area (Å²) in [5.74, 6) is 0.897. The number of para-hydroxylation sites is 1. The van der Waals surface area contributed by atoms with Crippen molar-refractivity contribution in [1.29, 1.82) is 0 Å². The van der Waals surface area contributed by atoms with Gasteiger partial charge in [-0.15, -0.1) is 0 Å². The molecule has 4 heteroatoms. The smallest absolute Gasteiger partial charge is 0.137 e. The number of rotatable bonds is 3. The molecule has 1 aromatic heterocycles. The van der Waals surface area contributed by atoms with Crippen LogP contribution in [0, 0.1) is 0 Å². The second kappa shape index (κ2) is 3.42. The van der Waals surface area contributed by atoms with Crippen LogP contribution in [0.1, 0.15) is 12.8 Å². The van der Waals surface area contributed by atoms with Crippen LogP contribution in [0.25, 0.3) is 10.9 Å². The maximum Gasteiger partial charge on any atom is 0.137 e. The number of hydrogen-bond donors (Lipinski definition) is 2. The summed E-state index contributed by atoms with van der Waals surface area (Å²) in [6.45, 7) is 0.658. The van der Waals surface area contributed by atoms with Crippen molar-refractivity contribution >= 4 is 16.7 Å². The second-order valence-corrected chi connectivity index (χ2v) is 4.35. The van der Waals surface area contributed by atoms with Gasteiger partial charge in [0.15, 0.2) is 0 Å². The number of aromatic nitrogens is 2. The molecule has 2 aromatic rings. The van der Waals surface area contributed by atoms with Gasteiger partial charge >= 0.3 is 0 Å². The van der Waals surface area contributed by atoms with Gasteiger partial charge < -0.3 is 11.1 Å². The molecule has 1 saturated carbocycles. The minimum atomic E-state index is 0.0805. The fourth-order valence-electron chi connectivity index (χ4n) is 1.89.